The van der Waals surface area contributed by atoms with Crippen LogP contribution in [0.1, 0.15) is 48.9 Å². The largest absolute Gasteiger partial charge is 0.456 e. The first-order valence-electron chi connectivity index (χ1n) is 20.4. The van der Waals surface area contributed by atoms with Gasteiger partial charge in [0.1, 0.15) is 11.2 Å². The lowest BCUT2D eigenvalue weighted by atomic mass is 9.80. The lowest BCUT2D eigenvalue weighted by Gasteiger charge is -2.28. The minimum absolute atomic E-state index is 0.00105. The Bertz CT molecular complexity index is 3250. The number of thioether (sulfide) groups is 1. The fraction of sp³-hybridized carbons (Fsp3) is 0.107. The second-order valence-electron chi connectivity index (χ2n) is 16.3. The molecule has 282 valence electrons. The van der Waals surface area contributed by atoms with Crippen molar-refractivity contribution in [2.45, 2.75) is 43.9 Å². The van der Waals surface area contributed by atoms with Gasteiger partial charge in [-0.05, 0) is 123 Å². The van der Waals surface area contributed by atoms with Gasteiger partial charge in [0, 0.05) is 48.7 Å². The molecule has 59 heavy (non-hydrogen) atoms. The van der Waals surface area contributed by atoms with Crippen molar-refractivity contribution in [2.24, 2.45) is 0 Å². The summed E-state index contributed by atoms with van der Waals surface area (Å²) < 4.78 is 6.34. The molecule has 0 spiro atoms. The molecule has 0 amide bonds. The Morgan fingerprint density at radius 3 is 2.32 bits per heavy atom. The molecule has 1 heterocycles. The quantitative estimate of drug-likeness (QED) is 0.118. The normalized spacial score (nSPS) is 14.2. The van der Waals surface area contributed by atoms with Crippen molar-refractivity contribution in [3.8, 4) is 11.1 Å². The number of benzene rings is 7. The number of hydrogen-bond donors (Lipinski definition) is 0. The number of fused-ring (bicyclic) bond motifs is 8. The van der Waals surface area contributed by atoms with Gasteiger partial charge < -0.3 is 9.32 Å². The summed E-state index contributed by atoms with van der Waals surface area (Å²) in [6.07, 6.45) is 6.93. The van der Waals surface area contributed by atoms with Crippen molar-refractivity contribution >= 4 is 82.8 Å². The fourth-order valence-electron chi connectivity index (χ4n) is 9.72. The summed E-state index contributed by atoms with van der Waals surface area (Å²) >= 11 is 1.78. The van der Waals surface area contributed by atoms with E-state index in [4.69, 9.17) is 4.42 Å². The van der Waals surface area contributed by atoms with Crippen molar-refractivity contribution in [3.63, 3.8) is 0 Å². The van der Waals surface area contributed by atoms with E-state index in [9.17, 15) is 0 Å². The van der Waals surface area contributed by atoms with Crippen LogP contribution in [-0.2, 0) is 5.41 Å². The highest BCUT2D eigenvalue weighted by Gasteiger charge is 2.37. The van der Waals surface area contributed by atoms with Gasteiger partial charge in [0.2, 0.25) is 0 Å². The number of rotatable bonds is 7. The predicted molar refractivity (Wildman–Crippen MR) is 251 cm³/mol. The van der Waals surface area contributed by atoms with Crippen LogP contribution in [0.4, 0.5) is 17.1 Å². The topological polar surface area (TPSA) is 16.4 Å². The van der Waals surface area contributed by atoms with E-state index in [0.717, 1.165) is 67.9 Å². The van der Waals surface area contributed by atoms with E-state index >= 15 is 0 Å². The first-order chi connectivity index (χ1) is 28.9. The first-order valence-corrected chi connectivity index (χ1v) is 21.2. The number of nitrogens with zero attached hydrogens (tertiary/aromatic N) is 1. The van der Waals surface area contributed by atoms with Crippen LogP contribution in [0.2, 0.25) is 0 Å². The van der Waals surface area contributed by atoms with Crippen LogP contribution in [-0.4, -0.2) is 0 Å². The average Bonchev–Trinajstić information content (AvgIpc) is 3.77. The standard InChI is InChI=1S/C56H41NOS/c1-35-39-30-31-45-40(41(39)32-33-54(35)59-36(2)37-28-29-43-42-18-8-11-23-48(42)56(3,4)49(43)34-37)21-14-25-51(45)57(38-16-6-5-7-17-38)50-24-12-9-19-44(50)46-22-15-27-53-55(46)47-20-10-13-26-52(47)58-53/h5-7,10-11,13-17,19-34H,2,8,18H2,1,3-4H3. The van der Waals surface area contributed by atoms with Gasteiger partial charge in [0.05, 0.1) is 11.4 Å². The van der Waals surface area contributed by atoms with Crippen molar-refractivity contribution < 1.29 is 4.42 Å². The molecule has 8 aromatic carbocycles. The average molecular weight is 776 g/mol. The van der Waals surface area contributed by atoms with Gasteiger partial charge in [-0.1, -0.05) is 147 Å². The van der Waals surface area contributed by atoms with Gasteiger partial charge >= 0.3 is 0 Å². The molecule has 11 rings (SSSR count). The molecule has 0 atom stereocenters. The third-order valence-electron chi connectivity index (χ3n) is 12.6. The van der Waals surface area contributed by atoms with Crippen molar-refractivity contribution in [1.82, 2.24) is 0 Å². The van der Waals surface area contributed by atoms with Gasteiger partial charge in [-0.3, -0.25) is 0 Å². The number of aryl methyl sites for hydroxylation is 1. The van der Waals surface area contributed by atoms with Crippen molar-refractivity contribution in [3.05, 3.63) is 204 Å². The Morgan fingerprint density at radius 1 is 0.678 bits per heavy atom. The molecule has 0 aliphatic heterocycles. The van der Waals surface area contributed by atoms with Gasteiger partial charge in [-0.2, -0.15) is 0 Å². The highest BCUT2D eigenvalue weighted by Crippen LogP contribution is 2.52. The Morgan fingerprint density at radius 2 is 1.42 bits per heavy atom. The zero-order chi connectivity index (χ0) is 39.8. The van der Waals surface area contributed by atoms with E-state index < -0.39 is 0 Å². The molecule has 2 aliphatic rings. The zero-order valence-electron chi connectivity index (χ0n) is 33.4. The molecular formula is C56H41NOS. The summed E-state index contributed by atoms with van der Waals surface area (Å²) in [5, 5.41) is 7.06. The number of hydrogen-bond acceptors (Lipinski definition) is 3. The highest BCUT2D eigenvalue weighted by molar-refractivity contribution is 8.08. The molecule has 9 aromatic rings. The molecule has 0 saturated heterocycles. The van der Waals surface area contributed by atoms with E-state index in [1.54, 1.807) is 11.8 Å². The SMILES string of the molecule is C=C(Sc1ccc2c(ccc3c(N(c4ccccc4)c4cc#ccc4-c4cccc5oc6ccccc6c45)cccc32)c1C)c1ccc2c(c1)C(C)(C)C1=C2CCC=C1. The van der Waals surface area contributed by atoms with Gasteiger partial charge in [0.25, 0.3) is 0 Å². The molecule has 0 saturated carbocycles. The van der Waals surface area contributed by atoms with E-state index in [0.29, 0.717) is 0 Å². The number of para-hydroxylation sites is 2. The number of anilines is 3. The summed E-state index contributed by atoms with van der Waals surface area (Å²) in [7, 11) is 0. The Labute approximate surface area is 349 Å². The second-order valence-corrected chi connectivity index (χ2v) is 17.4. The summed E-state index contributed by atoms with van der Waals surface area (Å²) in [4.78, 5) is 4.67. The van der Waals surface area contributed by atoms with Gasteiger partial charge in [0.15, 0.2) is 0 Å². The summed E-state index contributed by atoms with van der Waals surface area (Å²) in [6.45, 7) is 11.6. The van der Waals surface area contributed by atoms with Gasteiger partial charge in [-0.15, -0.1) is 0 Å². The van der Waals surface area contributed by atoms with Crippen LogP contribution in [0.3, 0.4) is 0 Å². The molecule has 0 bridgehead atoms. The molecule has 3 heteroatoms. The first kappa shape index (κ1) is 35.4. The minimum Gasteiger partial charge on any atom is -0.456 e. The summed E-state index contributed by atoms with van der Waals surface area (Å²) in [6, 6.07) is 58.8. The maximum atomic E-state index is 6.34. The molecule has 2 aliphatic carbocycles. The van der Waals surface area contributed by atoms with E-state index in [1.807, 2.05) is 12.1 Å². The van der Waals surface area contributed by atoms with Crippen molar-refractivity contribution in [1.29, 1.82) is 0 Å². The van der Waals surface area contributed by atoms with Crippen LogP contribution in [0.25, 0.3) is 65.1 Å². The molecular weight excluding hydrogens is 735 g/mol. The molecule has 0 N–H and O–H groups in total. The van der Waals surface area contributed by atoms with Crippen LogP contribution in [0.5, 0.6) is 0 Å². The minimum atomic E-state index is -0.00105. The molecule has 1 aromatic heterocycles. The maximum absolute atomic E-state index is 6.34. The maximum Gasteiger partial charge on any atom is 0.136 e. The monoisotopic (exact) mass is 775 g/mol. The predicted octanol–water partition coefficient (Wildman–Crippen LogP) is 16.1. The second kappa shape index (κ2) is 13.7. The Balaban J connectivity index is 1.00. The summed E-state index contributed by atoms with van der Waals surface area (Å²) in [5.41, 5.74) is 15.4. The number of allylic oxidation sites excluding steroid dienone is 4. The lowest BCUT2D eigenvalue weighted by Crippen LogP contribution is -2.16. The van der Waals surface area contributed by atoms with Crippen LogP contribution in [0.15, 0.2) is 179 Å². The Kier molecular flexibility index (Phi) is 8.22. The smallest absolute Gasteiger partial charge is 0.136 e. The van der Waals surface area contributed by atoms with Crippen LogP contribution >= 0.6 is 11.8 Å². The third-order valence-corrected chi connectivity index (χ3v) is 13.8. The zero-order valence-corrected chi connectivity index (χ0v) is 34.2. The molecule has 2 nitrogen and oxygen atoms in total. The van der Waals surface area contributed by atoms with Crippen LogP contribution in [0, 0.1) is 19.1 Å². The fourth-order valence-corrected chi connectivity index (χ4v) is 10.6. The van der Waals surface area contributed by atoms with E-state index in [2.05, 4.69) is 190 Å². The van der Waals surface area contributed by atoms with Crippen LogP contribution < -0.4 is 4.90 Å². The number of furan rings is 1. The van der Waals surface area contributed by atoms with Crippen molar-refractivity contribution in [2.75, 3.05) is 4.90 Å². The Hall–Kier alpha value is -6.73. The van der Waals surface area contributed by atoms with E-state index in [-0.39, 0.29) is 5.41 Å². The molecule has 0 unspecified atom stereocenters. The lowest BCUT2D eigenvalue weighted by molar-refractivity contribution is 0.651. The third kappa shape index (κ3) is 5.59. The van der Waals surface area contributed by atoms with E-state index in [1.165, 1.54) is 59.8 Å². The highest BCUT2D eigenvalue weighted by atomic mass is 32.2. The summed E-state index contributed by atoms with van der Waals surface area (Å²) in [5.74, 6) is 0. The van der Waals surface area contributed by atoms with Gasteiger partial charge in [-0.25, -0.2) is 0 Å². The molecule has 0 fully saturated rings. The molecule has 0 radical (unpaired) electrons.